The van der Waals surface area contributed by atoms with E-state index in [4.69, 9.17) is 14.1 Å². The van der Waals surface area contributed by atoms with Crippen molar-refractivity contribution in [1.82, 2.24) is 10.3 Å². The van der Waals surface area contributed by atoms with Gasteiger partial charge in [-0.1, -0.05) is 17.7 Å². The number of hydrogen-bond donors (Lipinski definition) is 1. The van der Waals surface area contributed by atoms with Crippen molar-refractivity contribution in [1.29, 1.82) is 5.26 Å². The molecule has 0 bridgehead atoms. The van der Waals surface area contributed by atoms with E-state index in [1.807, 2.05) is 37.3 Å². The summed E-state index contributed by atoms with van der Waals surface area (Å²) in [5.41, 5.74) is 2.53. The highest BCUT2D eigenvalue weighted by Gasteiger charge is 2.12. The lowest BCUT2D eigenvalue weighted by molar-refractivity contribution is -0.117. The van der Waals surface area contributed by atoms with E-state index in [1.165, 1.54) is 18.6 Å². The molecular weight excluding hydrogens is 318 g/mol. The van der Waals surface area contributed by atoms with E-state index in [0.717, 1.165) is 11.1 Å². The number of furan rings is 1. The molecule has 3 aromatic rings. The van der Waals surface area contributed by atoms with Gasteiger partial charge in [-0.05, 0) is 31.2 Å². The number of nitrogens with zero attached hydrogens (tertiary/aromatic N) is 2. The second kappa shape index (κ2) is 7.32. The van der Waals surface area contributed by atoms with Crippen LogP contribution in [0.1, 0.15) is 17.0 Å². The Morgan fingerprint density at radius 2 is 2.08 bits per heavy atom. The minimum absolute atomic E-state index is 0.0443. The molecule has 6 heteroatoms. The topological polar surface area (TPSA) is 92.1 Å². The van der Waals surface area contributed by atoms with Crippen LogP contribution in [0, 0.1) is 18.3 Å². The highest BCUT2D eigenvalue weighted by molar-refractivity contribution is 6.01. The molecule has 0 fully saturated rings. The SMILES string of the molecule is Cc1ccc(-c2nc(CNC(=O)C(C#N)=Cc3ccco3)co2)cc1. The van der Waals surface area contributed by atoms with Gasteiger partial charge in [0, 0.05) is 11.6 Å². The van der Waals surface area contributed by atoms with Crippen LogP contribution in [-0.2, 0) is 11.3 Å². The van der Waals surface area contributed by atoms with E-state index in [9.17, 15) is 4.79 Å². The minimum Gasteiger partial charge on any atom is -0.465 e. The summed E-state index contributed by atoms with van der Waals surface area (Å²) in [6.45, 7) is 2.16. The van der Waals surface area contributed by atoms with Crippen LogP contribution in [0.3, 0.4) is 0 Å². The molecule has 1 amide bonds. The van der Waals surface area contributed by atoms with E-state index in [0.29, 0.717) is 17.3 Å². The van der Waals surface area contributed by atoms with Crippen molar-refractivity contribution < 1.29 is 13.6 Å². The molecule has 0 unspecified atom stereocenters. The fraction of sp³-hybridized carbons (Fsp3) is 0.105. The number of amides is 1. The smallest absolute Gasteiger partial charge is 0.262 e. The summed E-state index contributed by atoms with van der Waals surface area (Å²) in [6, 6.07) is 13.0. The molecule has 0 aliphatic rings. The summed E-state index contributed by atoms with van der Waals surface area (Å²) in [5, 5.41) is 11.8. The maximum atomic E-state index is 12.1. The third-order valence-electron chi connectivity index (χ3n) is 3.48. The third kappa shape index (κ3) is 4.03. The second-order valence-corrected chi connectivity index (χ2v) is 5.38. The number of carbonyl (C=O) groups excluding carboxylic acids is 1. The number of carbonyl (C=O) groups is 1. The normalized spacial score (nSPS) is 11.1. The molecule has 0 aliphatic heterocycles. The van der Waals surface area contributed by atoms with Gasteiger partial charge in [0.15, 0.2) is 0 Å². The van der Waals surface area contributed by atoms with Gasteiger partial charge in [-0.25, -0.2) is 4.98 Å². The Bertz CT molecular complexity index is 929. The number of hydrogen-bond acceptors (Lipinski definition) is 5. The van der Waals surface area contributed by atoms with Crippen molar-refractivity contribution in [2.24, 2.45) is 0 Å². The van der Waals surface area contributed by atoms with Gasteiger partial charge in [0.25, 0.3) is 5.91 Å². The summed E-state index contributed by atoms with van der Waals surface area (Å²) in [6.07, 6.45) is 4.34. The number of aryl methyl sites for hydroxylation is 1. The third-order valence-corrected chi connectivity index (χ3v) is 3.48. The van der Waals surface area contributed by atoms with Crippen LogP contribution in [0.15, 0.2) is 63.3 Å². The molecule has 25 heavy (non-hydrogen) atoms. The summed E-state index contributed by atoms with van der Waals surface area (Å²) in [4.78, 5) is 16.4. The Balaban J connectivity index is 1.64. The maximum Gasteiger partial charge on any atom is 0.262 e. The molecule has 1 N–H and O–H groups in total. The Morgan fingerprint density at radius 3 is 2.76 bits per heavy atom. The van der Waals surface area contributed by atoms with E-state index < -0.39 is 5.91 Å². The van der Waals surface area contributed by atoms with E-state index in [2.05, 4.69) is 10.3 Å². The zero-order chi connectivity index (χ0) is 17.6. The molecule has 0 radical (unpaired) electrons. The minimum atomic E-state index is -0.501. The first-order valence-corrected chi connectivity index (χ1v) is 7.60. The number of rotatable bonds is 5. The molecule has 1 aromatic carbocycles. The van der Waals surface area contributed by atoms with Crippen LogP contribution in [0.5, 0.6) is 0 Å². The summed E-state index contributed by atoms with van der Waals surface area (Å²) in [7, 11) is 0. The maximum absolute atomic E-state index is 12.1. The Hall–Kier alpha value is -3.59. The van der Waals surface area contributed by atoms with Crippen molar-refractivity contribution in [3.63, 3.8) is 0 Å². The van der Waals surface area contributed by atoms with Gasteiger partial charge >= 0.3 is 0 Å². The molecule has 2 aromatic heterocycles. The standard InChI is InChI=1S/C19H15N3O3/c1-13-4-6-14(7-5-13)19-22-16(12-25-19)11-21-18(23)15(10-20)9-17-3-2-8-24-17/h2-9,12H,11H2,1H3,(H,21,23). The quantitative estimate of drug-likeness (QED) is 0.570. The van der Waals surface area contributed by atoms with Crippen molar-refractivity contribution in [3.8, 4) is 17.5 Å². The average molecular weight is 333 g/mol. The Labute approximate surface area is 144 Å². The van der Waals surface area contributed by atoms with Gasteiger partial charge in [-0.15, -0.1) is 0 Å². The molecule has 3 rings (SSSR count). The van der Waals surface area contributed by atoms with Gasteiger partial charge < -0.3 is 14.2 Å². The molecule has 124 valence electrons. The molecule has 0 saturated heterocycles. The Morgan fingerprint density at radius 1 is 1.28 bits per heavy atom. The molecule has 0 atom stereocenters. The molecule has 2 heterocycles. The van der Waals surface area contributed by atoms with Crippen LogP contribution in [0.2, 0.25) is 0 Å². The average Bonchev–Trinajstić information content (AvgIpc) is 3.30. The van der Waals surface area contributed by atoms with Gasteiger partial charge in [-0.3, -0.25) is 4.79 Å². The Kier molecular flexibility index (Phi) is 4.77. The van der Waals surface area contributed by atoms with Crippen molar-refractivity contribution in [3.05, 3.63) is 71.5 Å². The van der Waals surface area contributed by atoms with E-state index >= 15 is 0 Å². The zero-order valence-corrected chi connectivity index (χ0v) is 13.5. The van der Waals surface area contributed by atoms with Crippen LogP contribution in [0.4, 0.5) is 0 Å². The van der Waals surface area contributed by atoms with E-state index in [1.54, 1.807) is 12.1 Å². The molecule has 6 nitrogen and oxygen atoms in total. The number of aromatic nitrogens is 1. The lowest BCUT2D eigenvalue weighted by atomic mass is 10.1. The van der Waals surface area contributed by atoms with Crippen LogP contribution < -0.4 is 5.32 Å². The molecular formula is C19H15N3O3. The van der Waals surface area contributed by atoms with Crippen LogP contribution >= 0.6 is 0 Å². The molecule has 0 aliphatic carbocycles. The number of benzene rings is 1. The van der Waals surface area contributed by atoms with Gasteiger partial charge in [0.2, 0.25) is 5.89 Å². The first-order valence-electron chi connectivity index (χ1n) is 7.60. The largest absolute Gasteiger partial charge is 0.465 e. The van der Waals surface area contributed by atoms with Crippen molar-refractivity contribution in [2.75, 3.05) is 0 Å². The highest BCUT2D eigenvalue weighted by atomic mass is 16.3. The summed E-state index contributed by atoms with van der Waals surface area (Å²) in [5.74, 6) is 0.421. The number of nitrogens with one attached hydrogen (secondary N) is 1. The zero-order valence-electron chi connectivity index (χ0n) is 13.5. The number of nitriles is 1. The van der Waals surface area contributed by atoms with Gasteiger partial charge in [-0.2, -0.15) is 5.26 Å². The summed E-state index contributed by atoms with van der Waals surface area (Å²) < 4.78 is 10.5. The number of oxazole rings is 1. The van der Waals surface area contributed by atoms with Crippen molar-refractivity contribution in [2.45, 2.75) is 13.5 Å². The fourth-order valence-corrected chi connectivity index (χ4v) is 2.15. The predicted molar refractivity (Wildman–Crippen MR) is 90.8 cm³/mol. The van der Waals surface area contributed by atoms with Gasteiger partial charge in [0.05, 0.1) is 18.5 Å². The lowest BCUT2D eigenvalue weighted by Crippen LogP contribution is -2.24. The van der Waals surface area contributed by atoms with Crippen LogP contribution in [0.25, 0.3) is 17.5 Å². The van der Waals surface area contributed by atoms with Crippen LogP contribution in [-0.4, -0.2) is 10.9 Å². The lowest BCUT2D eigenvalue weighted by Gasteiger charge is -2.00. The second-order valence-electron chi connectivity index (χ2n) is 5.38. The fourth-order valence-electron chi connectivity index (χ4n) is 2.15. The monoisotopic (exact) mass is 333 g/mol. The molecule has 0 saturated carbocycles. The first kappa shape index (κ1) is 16.3. The van der Waals surface area contributed by atoms with Gasteiger partial charge in [0.1, 0.15) is 23.7 Å². The predicted octanol–water partition coefficient (Wildman–Crippen LogP) is 3.47. The van der Waals surface area contributed by atoms with Crippen molar-refractivity contribution >= 4 is 12.0 Å². The summed E-state index contributed by atoms with van der Waals surface area (Å²) >= 11 is 0. The van der Waals surface area contributed by atoms with E-state index in [-0.39, 0.29) is 12.1 Å². The first-order chi connectivity index (χ1) is 12.2. The molecule has 0 spiro atoms. The highest BCUT2D eigenvalue weighted by Crippen LogP contribution is 2.19.